The highest BCUT2D eigenvalue weighted by Gasteiger charge is 2.17. The van der Waals surface area contributed by atoms with Crippen molar-refractivity contribution in [2.24, 2.45) is 0 Å². The Hall–Kier alpha value is -3.20. The van der Waals surface area contributed by atoms with Crippen LogP contribution < -0.4 is 16.9 Å². The Kier molecular flexibility index (Phi) is 7.50. The number of aromatic carboxylic acids is 1. The van der Waals surface area contributed by atoms with E-state index in [1.54, 1.807) is 18.2 Å². The van der Waals surface area contributed by atoms with Gasteiger partial charge < -0.3 is 16.6 Å². The lowest BCUT2D eigenvalue weighted by Crippen LogP contribution is -2.31. The van der Waals surface area contributed by atoms with Gasteiger partial charge in [-0.1, -0.05) is 19.3 Å². The Balaban J connectivity index is 0.000000223. The second-order valence-corrected chi connectivity index (χ2v) is 6.00. The average Bonchev–Trinajstić information content (AvgIpc) is 2.68. The van der Waals surface area contributed by atoms with Crippen molar-refractivity contribution in [2.45, 2.75) is 38.2 Å². The Morgan fingerprint density at radius 3 is 2.04 bits per heavy atom. The number of hydrogen-bond acceptors (Lipinski definition) is 7. The van der Waals surface area contributed by atoms with E-state index in [1.165, 1.54) is 24.9 Å². The summed E-state index contributed by atoms with van der Waals surface area (Å²) in [7, 11) is 0. The third-order valence-corrected chi connectivity index (χ3v) is 3.97. The van der Waals surface area contributed by atoms with Crippen molar-refractivity contribution >= 4 is 23.3 Å². The van der Waals surface area contributed by atoms with Gasteiger partial charge in [0.1, 0.15) is 0 Å². The van der Waals surface area contributed by atoms with Gasteiger partial charge in [0.2, 0.25) is 0 Å². The van der Waals surface area contributed by atoms with Crippen molar-refractivity contribution in [1.82, 2.24) is 15.4 Å². The summed E-state index contributed by atoms with van der Waals surface area (Å²) in [6.45, 7) is 0. The maximum Gasteiger partial charge on any atom is 0.356 e. The minimum atomic E-state index is -1.10. The molecule has 1 amide bonds. The molecule has 144 valence electrons. The molecule has 0 saturated heterocycles. The van der Waals surface area contributed by atoms with Gasteiger partial charge in [0, 0.05) is 12.4 Å². The smallest absolute Gasteiger partial charge is 0.356 e. The van der Waals surface area contributed by atoms with Gasteiger partial charge in [0.05, 0.1) is 17.5 Å². The van der Waals surface area contributed by atoms with Crippen LogP contribution in [-0.2, 0) is 4.84 Å². The first-order chi connectivity index (χ1) is 13.0. The molecule has 9 heteroatoms. The molecule has 3 rings (SSSR count). The summed E-state index contributed by atoms with van der Waals surface area (Å²) in [6, 6.07) is 6.41. The lowest BCUT2D eigenvalue weighted by molar-refractivity contribution is -0.0314. The van der Waals surface area contributed by atoms with Crippen LogP contribution in [0.25, 0.3) is 0 Å². The second kappa shape index (κ2) is 10.1. The van der Waals surface area contributed by atoms with E-state index in [0.717, 1.165) is 25.7 Å². The number of carbonyl (C=O) groups is 2. The van der Waals surface area contributed by atoms with E-state index < -0.39 is 5.97 Å². The standard InChI is InChI=1S/C12H17N3O2.C6H6N2O2/c13-10-7-4-8-14-11(10)12(16)15-17-9-5-2-1-3-6-9;7-4-2-1-3-8-5(4)6(9)10/h4,7-9H,1-3,5-6,13H2,(H,15,16);1-3H,7H2,(H,9,10). The highest BCUT2D eigenvalue weighted by molar-refractivity contribution is 5.96. The lowest BCUT2D eigenvalue weighted by Gasteiger charge is -2.21. The van der Waals surface area contributed by atoms with Crippen LogP contribution in [0.15, 0.2) is 36.7 Å². The van der Waals surface area contributed by atoms with Gasteiger partial charge in [-0.25, -0.2) is 20.2 Å². The van der Waals surface area contributed by atoms with E-state index in [-0.39, 0.29) is 29.1 Å². The Bertz CT molecular complexity index is 778. The first kappa shape index (κ1) is 20.1. The topological polar surface area (TPSA) is 153 Å². The molecule has 1 aliphatic rings. The first-order valence-electron chi connectivity index (χ1n) is 8.59. The summed E-state index contributed by atoms with van der Waals surface area (Å²) in [4.78, 5) is 34.8. The number of anilines is 2. The van der Waals surface area contributed by atoms with Crippen LogP contribution >= 0.6 is 0 Å². The second-order valence-electron chi connectivity index (χ2n) is 6.00. The molecule has 1 fully saturated rings. The van der Waals surface area contributed by atoms with Gasteiger partial charge in [-0.15, -0.1) is 0 Å². The van der Waals surface area contributed by atoms with Crippen LogP contribution in [0.2, 0.25) is 0 Å². The molecule has 2 aromatic rings. The molecule has 0 bridgehead atoms. The highest BCUT2D eigenvalue weighted by Crippen LogP contribution is 2.19. The third-order valence-electron chi connectivity index (χ3n) is 3.97. The number of aromatic nitrogens is 2. The normalized spacial score (nSPS) is 13.9. The van der Waals surface area contributed by atoms with Crippen LogP contribution in [-0.4, -0.2) is 33.1 Å². The third kappa shape index (κ3) is 6.23. The van der Waals surface area contributed by atoms with Gasteiger partial charge in [0.25, 0.3) is 5.91 Å². The van der Waals surface area contributed by atoms with Crippen molar-refractivity contribution in [2.75, 3.05) is 11.5 Å². The van der Waals surface area contributed by atoms with Gasteiger partial charge in [0.15, 0.2) is 11.4 Å². The van der Waals surface area contributed by atoms with Crippen molar-refractivity contribution in [3.63, 3.8) is 0 Å². The maximum atomic E-state index is 11.7. The molecule has 0 radical (unpaired) electrons. The number of nitrogens with two attached hydrogens (primary N) is 2. The van der Waals surface area contributed by atoms with Crippen molar-refractivity contribution < 1.29 is 19.5 Å². The molecule has 2 aromatic heterocycles. The monoisotopic (exact) mass is 373 g/mol. The lowest BCUT2D eigenvalue weighted by atomic mass is 9.98. The summed E-state index contributed by atoms with van der Waals surface area (Å²) in [6.07, 6.45) is 8.61. The molecule has 0 aliphatic heterocycles. The minimum absolute atomic E-state index is 0.0949. The summed E-state index contributed by atoms with van der Waals surface area (Å²) in [5, 5.41) is 8.42. The molecule has 0 atom stereocenters. The number of pyridine rings is 2. The number of carboxylic acid groups (broad SMARTS) is 1. The van der Waals surface area contributed by atoms with E-state index in [1.807, 2.05) is 0 Å². The molecule has 9 nitrogen and oxygen atoms in total. The fraction of sp³-hybridized carbons (Fsp3) is 0.333. The summed E-state index contributed by atoms with van der Waals surface area (Å²) in [5.41, 5.74) is 14.0. The molecule has 1 aliphatic carbocycles. The van der Waals surface area contributed by atoms with Crippen molar-refractivity contribution in [3.8, 4) is 0 Å². The van der Waals surface area contributed by atoms with Crippen molar-refractivity contribution in [3.05, 3.63) is 48.0 Å². The summed E-state index contributed by atoms with van der Waals surface area (Å²) < 4.78 is 0. The number of carboxylic acids is 1. The number of rotatable bonds is 4. The summed E-state index contributed by atoms with van der Waals surface area (Å²) >= 11 is 0. The van der Waals surface area contributed by atoms with E-state index in [2.05, 4.69) is 15.4 Å². The largest absolute Gasteiger partial charge is 0.476 e. The quantitative estimate of drug-likeness (QED) is 0.594. The van der Waals surface area contributed by atoms with Crippen LogP contribution in [0.3, 0.4) is 0 Å². The highest BCUT2D eigenvalue weighted by atomic mass is 16.7. The number of nitrogens with zero attached hydrogens (tertiary/aromatic N) is 2. The number of nitrogens with one attached hydrogen (secondary N) is 1. The molecule has 0 spiro atoms. The van der Waals surface area contributed by atoms with Gasteiger partial charge >= 0.3 is 5.97 Å². The number of carbonyl (C=O) groups excluding carboxylic acids is 1. The van der Waals surface area contributed by atoms with Gasteiger partial charge in [-0.2, -0.15) is 0 Å². The van der Waals surface area contributed by atoms with Crippen LogP contribution in [0.4, 0.5) is 11.4 Å². The number of amides is 1. The zero-order valence-corrected chi connectivity index (χ0v) is 14.8. The maximum absolute atomic E-state index is 11.7. The van der Waals surface area contributed by atoms with Gasteiger partial charge in [-0.3, -0.25) is 9.63 Å². The number of nitrogen functional groups attached to an aromatic ring is 2. The summed E-state index contributed by atoms with van der Waals surface area (Å²) in [5.74, 6) is -1.48. The first-order valence-corrected chi connectivity index (χ1v) is 8.59. The molecule has 1 saturated carbocycles. The predicted molar refractivity (Wildman–Crippen MR) is 99.7 cm³/mol. The van der Waals surface area contributed by atoms with Crippen LogP contribution in [0, 0.1) is 0 Å². The van der Waals surface area contributed by atoms with E-state index >= 15 is 0 Å². The van der Waals surface area contributed by atoms with E-state index in [9.17, 15) is 9.59 Å². The number of hydroxylamine groups is 1. The van der Waals surface area contributed by atoms with Gasteiger partial charge in [-0.05, 0) is 37.1 Å². The molecule has 2 heterocycles. The van der Waals surface area contributed by atoms with Crippen LogP contribution in [0.1, 0.15) is 53.1 Å². The van der Waals surface area contributed by atoms with Crippen LogP contribution in [0.5, 0.6) is 0 Å². The molecule has 6 N–H and O–H groups in total. The fourth-order valence-electron chi connectivity index (χ4n) is 2.57. The Morgan fingerprint density at radius 2 is 1.56 bits per heavy atom. The minimum Gasteiger partial charge on any atom is -0.476 e. The molecular weight excluding hydrogens is 350 g/mol. The van der Waals surface area contributed by atoms with Crippen molar-refractivity contribution in [1.29, 1.82) is 0 Å². The Labute approximate surface area is 156 Å². The van der Waals surface area contributed by atoms with E-state index in [0.29, 0.717) is 5.69 Å². The fourth-order valence-corrected chi connectivity index (χ4v) is 2.57. The zero-order valence-electron chi connectivity index (χ0n) is 14.8. The van der Waals surface area contributed by atoms with E-state index in [4.69, 9.17) is 21.4 Å². The molecule has 0 aromatic carbocycles. The Morgan fingerprint density at radius 1 is 1.00 bits per heavy atom. The molecule has 27 heavy (non-hydrogen) atoms. The SMILES string of the molecule is Nc1cccnc1C(=O)NOC1CCCCC1.Nc1cccnc1C(=O)O. The average molecular weight is 373 g/mol. The number of hydrogen-bond donors (Lipinski definition) is 4. The predicted octanol–water partition coefficient (Wildman–Crippen LogP) is 2.02. The zero-order chi connectivity index (χ0) is 19.6. The molecular formula is C18H23N5O4. The molecule has 0 unspecified atom stereocenters.